The van der Waals surface area contributed by atoms with Crippen LogP contribution in [0, 0.1) is 5.82 Å². The molecule has 0 radical (unpaired) electrons. The average Bonchev–Trinajstić information content (AvgIpc) is 3.37. The Balaban J connectivity index is 1.39. The second kappa shape index (κ2) is 7.56. The number of halogens is 1. The summed E-state index contributed by atoms with van der Waals surface area (Å²) in [5, 5.41) is 3.65. The number of benzene rings is 2. The largest absolute Gasteiger partial charge is 0.332 e. The molecule has 0 bridgehead atoms. The fourth-order valence-corrected chi connectivity index (χ4v) is 4.21. The predicted octanol–water partition coefficient (Wildman–Crippen LogP) is 5.28. The Morgan fingerprint density at radius 2 is 1.79 bits per heavy atom. The number of anilines is 1. The molecule has 2 aromatic carbocycles. The lowest BCUT2D eigenvalue weighted by Gasteiger charge is -2.11. The van der Waals surface area contributed by atoms with Crippen LogP contribution < -0.4 is 5.32 Å². The Labute approximate surface area is 187 Å². The van der Waals surface area contributed by atoms with E-state index in [-0.39, 0.29) is 11.7 Å². The summed E-state index contributed by atoms with van der Waals surface area (Å²) in [4.78, 5) is 22.0. The van der Waals surface area contributed by atoms with Gasteiger partial charge in [0.25, 0.3) is 5.91 Å². The smallest absolute Gasteiger partial charge is 0.272 e. The molecule has 1 amide bonds. The predicted molar refractivity (Wildman–Crippen MR) is 126 cm³/mol. The molecule has 0 saturated heterocycles. The molecule has 4 aromatic heterocycles. The van der Waals surface area contributed by atoms with Crippen molar-refractivity contribution in [1.82, 2.24) is 18.9 Å². The Morgan fingerprint density at radius 1 is 0.939 bits per heavy atom. The maximum absolute atomic E-state index is 13.9. The van der Waals surface area contributed by atoms with Crippen molar-refractivity contribution in [2.45, 2.75) is 6.54 Å². The number of amides is 1. The fraction of sp³-hybridized carbons (Fsp3) is 0.0385. The number of carbonyl (C=O) groups is 1. The minimum Gasteiger partial charge on any atom is -0.332 e. The number of fused-ring (bicyclic) bond motifs is 4. The van der Waals surface area contributed by atoms with Crippen LogP contribution in [-0.4, -0.2) is 24.8 Å². The zero-order valence-corrected chi connectivity index (χ0v) is 17.4. The van der Waals surface area contributed by atoms with Crippen LogP contribution in [0.15, 0.2) is 91.4 Å². The molecule has 6 rings (SSSR count). The van der Waals surface area contributed by atoms with Crippen molar-refractivity contribution >= 4 is 39.2 Å². The van der Waals surface area contributed by atoms with Gasteiger partial charge in [-0.15, -0.1) is 0 Å². The summed E-state index contributed by atoms with van der Waals surface area (Å²) >= 11 is 0. The minimum atomic E-state index is -0.340. The molecule has 6 nitrogen and oxygen atoms in total. The van der Waals surface area contributed by atoms with Crippen molar-refractivity contribution in [2.75, 3.05) is 5.32 Å². The highest BCUT2D eigenvalue weighted by molar-refractivity contribution is 6.07. The zero-order valence-electron chi connectivity index (χ0n) is 17.4. The standard InChI is InChI=1S/C26H18FN5O/c27-19-4-6-22-18(13-19)14-24(32(22)16-17-8-10-28-11-9-17)26(33)29-20-5-7-23-21(15-20)30-25-3-1-2-12-31(23)25/h1-15H,16H2,(H,29,33). The number of pyridine rings is 2. The molecule has 0 aliphatic heterocycles. The number of nitrogens with zero attached hydrogens (tertiary/aromatic N) is 4. The van der Waals surface area contributed by atoms with E-state index in [2.05, 4.69) is 15.3 Å². The molecule has 0 aliphatic carbocycles. The van der Waals surface area contributed by atoms with Gasteiger partial charge in [0, 0.05) is 41.7 Å². The van der Waals surface area contributed by atoms with Gasteiger partial charge in [0.05, 0.1) is 11.0 Å². The van der Waals surface area contributed by atoms with Gasteiger partial charge in [-0.25, -0.2) is 9.37 Å². The topological polar surface area (TPSA) is 64.2 Å². The lowest BCUT2D eigenvalue weighted by atomic mass is 10.2. The number of hydrogen-bond donors (Lipinski definition) is 1. The second-order valence-electron chi connectivity index (χ2n) is 7.87. The first-order valence-corrected chi connectivity index (χ1v) is 10.5. The molecule has 0 fully saturated rings. The number of nitrogens with one attached hydrogen (secondary N) is 1. The van der Waals surface area contributed by atoms with Gasteiger partial charge in [-0.2, -0.15) is 0 Å². The van der Waals surface area contributed by atoms with E-state index in [0.29, 0.717) is 23.3 Å². The van der Waals surface area contributed by atoms with Gasteiger partial charge < -0.3 is 9.88 Å². The van der Waals surface area contributed by atoms with E-state index in [1.54, 1.807) is 24.5 Å². The Morgan fingerprint density at radius 3 is 2.67 bits per heavy atom. The van der Waals surface area contributed by atoms with Gasteiger partial charge in [0.15, 0.2) is 0 Å². The van der Waals surface area contributed by atoms with E-state index in [0.717, 1.165) is 27.8 Å². The molecule has 4 heterocycles. The van der Waals surface area contributed by atoms with E-state index in [9.17, 15) is 9.18 Å². The van der Waals surface area contributed by atoms with E-state index in [1.165, 1.54) is 12.1 Å². The molecule has 1 N–H and O–H groups in total. The van der Waals surface area contributed by atoms with E-state index in [1.807, 2.05) is 63.7 Å². The molecule has 6 aromatic rings. The monoisotopic (exact) mass is 435 g/mol. The van der Waals surface area contributed by atoms with Gasteiger partial charge in [-0.1, -0.05) is 6.07 Å². The minimum absolute atomic E-state index is 0.274. The lowest BCUT2D eigenvalue weighted by molar-refractivity contribution is 0.101. The number of imidazole rings is 1. The van der Waals surface area contributed by atoms with Gasteiger partial charge in [-0.3, -0.25) is 14.2 Å². The van der Waals surface area contributed by atoms with E-state index >= 15 is 0 Å². The highest BCUT2D eigenvalue weighted by atomic mass is 19.1. The maximum Gasteiger partial charge on any atom is 0.272 e. The number of aromatic nitrogens is 4. The molecule has 0 spiro atoms. The highest BCUT2D eigenvalue weighted by Gasteiger charge is 2.17. The van der Waals surface area contributed by atoms with Gasteiger partial charge >= 0.3 is 0 Å². The van der Waals surface area contributed by atoms with Crippen LogP contribution in [0.3, 0.4) is 0 Å². The third-order valence-corrected chi connectivity index (χ3v) is 5.75. The van der Waals surface area contributed by atoms with Crippen molar-refractivity contribution in [1.29, 1.82) is 0 Å². The highest BCUT2D eigenvalue weighted by Crippen LogP contribution is 2.25. The third-order valence-electron chi connectivity index (χ3n) is 5.75. The van der Waals surface area contributed by atoms with E-state index < -0.39 is 0 Å². The zero-order chi connectivity index (χ0) is 22.4. The van der Waals surface area contributed by atoms with E-state index in [4.69, 9.17) is 0 Å². The summed E-state index contributed by atoms with van der Waals surface area (Å²) in [7, 11) is 0. The van der Waals surface area contributed by atoms with Crippen LogP contribution in [0.25, 0.3) is 27.6 Å². The summed E-state index contributed by atoms with van der Waals surface area (Å²) in [6.07, 6.45) is 5.38. The van der Waals surface area contributed by atoms with Crippen LogP contribution in [-0.2, 0) is 6.54 Å². The summed E-state index contributed by atoms with van der Waals surface area (Å²) in [6, 6.07) is 21.5. The van der Waals surface area contributed by atoms with Gasteiger partial charge in [0.2, 0.25) is 0 Å². The van der Waals surface area contributed by atoms with Gasteiger partial charge in [-0.05, 0) is 72.3 Å². The van der Waals surface area contributed by atoms with Crippen molar-refractivity contribution < 1.29 is 9.18 Å². The van der Waals surface area contributed by atoms with Crippen LogP contribution in [0.2, 0.25) is 0 Å². The Hall–Kier alpha value is -4.52. The molecular formula is C26H18FN5O. The van der Waals surface area contributed by atoms with Crippen LogP contribution in [0.1, 0.15) is 16.1 Å². The second-order valence-corrected chi connectivity index (χ2v) is 7.87. The summed E-state index contributed by atoms with van der Waals surface area (Å²) in [5.74, 6) is -0.614. The summed E-state index contributed by atoms with van der Waals surface area (Å²) < 4.78 is 17.8. The van der Waals surface area contributed by atoms with Crippen LogP contribution >= 0.6 is 0 Å². The first-order chi connectivity index (χ1) is 16.2. The van der Waals surface area contributed by atoms with Crippen LogP contribution in [0.4, 0.5) is 10.1 Å². The maximum atomic E-state index is 13.9. The number of carbonyl (C=O) groups excluding carboxylic acids is 1. The quantitative estimate of drug-likeness (QED) is 0.410. The van der Waals surface area contributed by atoms with Crippen molar-refractivity contribution in [3.8, 4) is 0 Å². The number of hydrogen-bond acceptors (Lipinski definition) is 3. The van der Waals surface area contributed by atoms with Gasteiger partial charge in [0.1, 0.15) is 17.2 Å². The Bertz CT molecular complexity index is 1650. The molecule has 7 heteroatoms. The van der Waals surface area contributed by atoms with Crippen molar-refractivity contribution in [3.05, 3.63) is 108 Å². The fourth-order valence-electron chi connectivity index (χ4n) is 4.21. The SMILES string of the molecule is O=C(Nc1ccc2c(c1)nc1ccccn12)c1cc2cc(F)ccc2n1Cc1ccncc1. The normalized spacial score (nSPS) is 11.4. The lowest BCUT2D eigenvalue weighted by Crippen LogP contribution is -2.17. The first-order valence-electron chi connectivity index (χ1n) is 10.5. The Kier molecular flexibility index (Phi) is 4.40. The summed E-state index contributed by atoms with van der Waals surface area (Å²) in [5.41, 5.74) is 5.46. The van der Waals surface area contributed by atoms with Crippen LogP contribution in [0.5, 0.6) is 0 Å². The molecule has 160 valence electrons. The molecule has 0 atom stereocenters. The molecule has 0 unspecified atom stereocenters. The average molecular weight is 435 g/mol. The molecule has 33 heavy (non-hydrogen) atoms. The number of rotatable bonds is 4. The molecule has 0 aliphatic rings. The molecule has 0 saturated carbocycles. The first kappa shape index (κ1) is 19.2. The molecular weight excluding hydrogens is 417 g/mol. The van der Waals surface area contributed by atoms with Crippen molar-refractivity contribution in [3.63, 3.8) is 0 Å². The van der Waals surface area contributed by atoms with Crippen molar-refractivity contribution in [2.24, 2.45) is 0 Å². The third kappa shape index (κ3) is 3.40. The summed E-state index contributed by atoms with van der Waals surface area (Å²) in [6.45, 7) is 0.464.